The number of carbonyl (C=O) groups excluding carboxylic acids is 1. The van der Waals surface area contributed by atoms with Crippen LogP contribution < -0.4 is 14.4 Å². The van der Waals surface area contributed by atoms with Gasteiger partial charge < -0.3 is 9.64 Å². The molecule has 1 fully saturated rings. The molecular formula is C15H23N3O4S. The van der Waals surface area contributed by atoms with Crippen LogP contribution in [-0.2, 0) is 15.0 Å². The van der Waals surface area contributed by atoms with Crippen LogP contribution in [0.1, 0.15) is 13.3 Å². The number of hydrogen-bond acceptors (Lipinski definition) is 4. The zero-order valence-electron chi connectivity index (χ0n) is 13.7. The standard InChI is InChI=1S/C15H23N3O4S/c1-4-22-14-7-5-13(6-8-14)18-11-12(9-15(18)19)10-16-23(20,21)17(2)3/h5-8,12,16H,4,9-11H2,1-3H3. The van der Waals surface area contributed by atoms with Crippen LogP contribution in [0.5, 0.6) is 5.75 Å². The molecular weight excluding hydrogens is 318 g/mol. The lowest BCUT2D eigenvalue weighted by molar-refractivity contribution is -0.117. The first-order valence-corrected chi connectivity index (χ1v) is 8.98. The second kappa shape index (κ2) is 7.29. The second-order valence-electron chi connectivity index (χ2n) is 5.64. The van der Waals surface area contributed by atoms with Gasteiger partial charge in [-0.15, -0.1) is 0 Å². The molecule has 0 spiro atoms. The Kier molecular flexibility index (Phi) is 5.61. The number of anilines is 1. The average molecular weight is 341 g/mol. The van der Waals surface area contributed by atoms with Gasteiger partial charge in [0.2, 0.25) is 5.91 Å². The maximum atomic E-state index is 12.2. The highest BCUT2D eigenvalue weighted by Crippen LogP contribution is 2.26. The van der Waals surface area contributed by atoms with Gasteiger partial charge in [-0.05, 0) is 37.1 Å². The lowest BCUT2D eigenvalue weighted by Gasteiger charge is -2.18. The van der Waals surface area contributed by atoms with Crippen LogP contribution in [0.2, 0.25) is 0 Å². The van der Waals surface area contributed by atoms with E-state index in [0.717, 1.165) is 15.7 Å². The van der Waals surface area contributed by atoms with Crippen molar-refractivity contribution in [1.82, 2.24) is 9.03 Å². The van der Waals surface area contributed by atoms with Crippen molar-refractivity contribution in [3.05, 3.63) is 24.3 Å². The van der Waals surface area contributed by atoms with Gasteiger partial charge in [0.1, 0.15) is 5.75 Å². The molecule has 0 radical (unpaired) electrons. The fourth-order valence-corrected chi connectivity index (χ4v) is 3.11. The van der Waals surface area contributed by atoms with Crippen LogP contribution in [0.25, 0.3) is 0 Å². The first-order valence-electron chi connectivity index (χ1n) is 7.54. The van der Waals surface area contributed by atoms with Crippen molar-refractivity contribution in [3.63, 3.8) is 0 Å². The molecule has 1 amide bonds. The van der Waals surface area contributed by atoms with E-state index in [2.05, 4.69) is 4.72 Å². The summed E-state index contributed by atoms with van der Waals surface area (Å²) < 4.78 is 32.5. The second-order valence-corrected chi connectivity index (χ2v) is 7.61. The van der Waals surface area contributed by atoms with E-state index in [0.29, 0.717) is 19.6 Å². The Labute approximate surface area is 137 Å². The van der Waals surface area contributed by atoms with Gasteiger partial charge in [0, 0.05) is 39.3 Å². The van der Waals surface area contributed by atoms with E-state index >= 15 is 0 Å². The number of hydrogen-bond donors (Lipinski definition) is 1. The van der Waals surface area contributed by atoms with E-state index in [4.69, 9.17) is 4.74 Å². The summed E-state index contributed by atoms with van der Waals surface area (Å²) in [6.45, 7) is 3.26. The van der Waals surface area contributed by atoms with Gasteiger partial charge in [-0.1, -0.05) is 0 Å². The third-order valence-corrected chi connectivity index (χ3v) is 5.19. The van der Waals surface area contributed by atoms with Crippen molar-refractivity contribution < 1.29 is 17.9 Å². The molecule has 0 bridgehead atoms. The van der Waals surface area contributed by atoms with Crippen LogP contribution in [-0.4, -0.2) is 52.4 Å². The van der Waals surface area contributed by atoms with E-state index < -0.39 is 10.2 Å². The predicted octanol–water partition coefficient (Wildman–Crippen LogP) is 0.834. The highest BCUT2D eigenvalue weighted by Gasteiger charge is 2.31. The number of ether oxygens (including phenoxy) is 1. The summed E-state index contributed by atoms with van der Waals surface area (Å²) >= 11 is 0. The van der Waals surface area contributed by atoms with Gasteiger partial charge >= 0.3 is 0 Å². The lowest BCUT2D eigenvalue weighted by atomic mass is 10.1. The average Bonchev–Trinajstić information content (AvgIpc) is 2.87. The van der Waals surface area contributed by atoms with Gasteiger partial charge in [-0.25, -0.2) is 4.72 Å². The SMILES string of the molecule is CCOc1ccc(N2CC(CNS(=O)(=O)N(C)C)CC2=O)cc1. The highest BCUT2D eigenvalue weighted by atomic mass is 32.2. The van der Waals surface area contributed by atoms with Gasteiger partial charge in [0.05, 0.1) is 6.61 Å². The predicted molar refractivity (Wildman–Crippen MR) is 88.7 cm³/mol. The first kappa shape index (κ1) is 17.7. The van der Waals surface area contributed by atoms with Gasteiger partial charge in [-0.3, -0.25) is 4.79 Å². The normalized spacial score (nSPS) is 18.7. The zero-order valence-corrected chi connectivity index (χ0v) is 14.5. The Morgan fingerprint density at radius 1 is 1.30 bits per heavy atom. The van der Waals surface area contributed by atoms with Crippen molar-refractivity contribution in [2.24, 2.45) is 5.92 Å². The molecule has 23 heavy (non-hydrogen) atoms. The largest absolute Gasteiger partial charge is 0.494 e. The maximum Gasteiger partial charge on any atom is 0.278 e. The summed E-state index contributed by atoms with van der Waals surface area (Å²) in [6.07, 6.45) is 0.336. The summed E-state index contributed by atoms with van der Waals surface area (Å²) in [5, 5.41) is 0. The van der Waals surface area contributed by atoms with E-state index in [-0.39, 0.29) is 18.4 Å². The van der Waals surface area contributed by atoms with Crippen molar-refractivity contribution in [2.75, 3.05) is 38.7 Å². The van der Waals surface area contributed by atoms with Gasteiger partial charge in [0.15, 0.2) is 0 Å². The van der Waals surface area contributed by atoms with Crippen molar-refractivity contribution in [1.29, 1.82) is 0 Å². The summed E-state index contributed by atoms with van der Waals surface area (Å²) in [7, 11) is -0.527. The third-order valence-electron chi connectivity index (χ3n) is 3.70. The summed E-state index contributed by atoms with van der Waals surface area (Å²) in [5.74, 6) is 0.727. The Morgan fingerprint density at radius 3 is 2.52 bits per heavy atom. The minimum absolute atomic E-state index is 0.00297. The molecule has 0 saturated carbocycles. The van der Waals surface area contributed by atoms with Crippen molar-refractivity contribution in [3.8, 4) is 5.75 Å². The van der Waals surface area contributed by atoms with Crippen molar-refractivity contribution in [2.45, 2.75) is 13.3 Å². The maximum absolute atomic E-state index is 12.2. The number of carbonyl (C=O) groups is 1. The van der Waals surface area contributed by atoms with Gasteiger partial charge in [0.25, 0.3) is 10.2 Å². The number of nitrogens with zero attached hydrogens (tertiary/aromatic N) is 2. The van der Waals surface area contributed by atoms with Crippen LogP contribution in [0.15, 0.2) is 24.3 Å². The molecule has 1 aromatic carbocycles. The Bertz CT molecular complexity index is 643. The fourth-order valence-electron chi connectivity index (χ4n) is 2.41. The molecule has 2 rings (SSSR count). The third kappa shape index (κ3) is 4.43. The summed E-state index contributed by atoms with van der Waals surface area (Å²) in [6, 6.07) is 7.34. The molecule has 8 heteroatoms. The van der Waals surface area contributed by atoms with Crippen LogP contribution in [0, 0.1) is 5.92 Å². The Balaban J connectivity index is 1.97. The minimum Gasteiger partial charge on any atom is -0.494 e. The molecule has 1 unspecified atom stereocenters. The van der Waals surface area contributed by atoms with Gasteiger partial charge in [-0.2, -0.15) is 12.7 Å². The molecule has 7 nitrogen and oxygen atoms in total. The monoisotopic (exact) mass is 341 g/mol. The molecule has 0 aliphatic carbocycles. The topological polar surface area (TPSA) is 79.0 Å². The van der Waals surface area contributed by atoms with E-state index in [1.807, 2.05) is 31.2 Å². The van der Waals surface area contributed by atoms with E-state index in [1.54, 1.807) is 4.90 Å². The number of benzene rings is 1. The highest BCUT2D eigenvalue weighted by molar-refractivity contribution is 7.87. The Morgan fingerprint density at radius 2 is 1.96 bits per heavy atom. The molecule has 1 aliphatic heterocycles. The number of nitrogens with one attached hydrogen (secondary N) is 1. The minimum atomic E-state index is -3.46. The molecule has 1 heterocycles. The smallest absolute Gasteiger partial charge is 0.278 e. The molecule has 1 aromatic rings. The molecule has 1 atom stereocenters. The van der Waals surface area contributed by atoms with E-state index in [9.17, 15) is 13.2 Å². The van der Waals surface area contributed by atoms with Crippen molar-refractivity contribution >= 4 is 21.8 Å². The molecule has 128 valence electrons. The first-order chi connectivity index (χ1) is 10.8. The summed E-state index contributed by atoms with van der Waals surface area (Å²) in [5.41, 5.74) is 0.802. The lowest BCUT2D eigenvalue weighted by Crippen LogP contribution is -2.38. The zero-order chi connectivity index (χ0) is 17.0. The molecule has 1 aliphatic rings. The van der Waals surface area contributed by atoms with Crippen LogP contribution in [0.3, 0.4) is 0 Å². The van der Waals surface area contributed by atoms with Crippen LogP contribution in [0.4, 0.5) is 5.69 Å². The molecule has 0 aromatic heterocycles. The Hall–Kier alpha value is -1.64. The summed E-state index contributed by atoms with van der Waals surface area (Å²) in [4.78, 5) is 13.8. The van der Waals surface area contributed by atoms with E-state index in [1.165, 1.54) is 14.1 Å². The molecule has 1 N–H and O–H groups in total. The number of amides is 1. The molecule has 1 saturated heterocycles. The van der Waals surface area contributed by atoms with Crippen LogP contribution >= 0.6 is 0 Å². The number of rotatable bonds is 7. The fraction of sp³-hybridized carbons (Fsp3) is 0.533. The quantitative estimate of drug-likeness (QED) is 0.797.